The molecule has 1 heterocycles. The second-order valence-electron chi connectivity index (χ2n) is 3.92. The minimum absolute atomic E-state index is 0.150. The van der Waals surface area contributed by atoms with Crippen molar-refractivity contribution in [3.63, 3.8) is 0 Å². The van der Waals surface area contributed by atoms with Crippen LogP contribution in [0.25, 0.3) is 0 Å². The summed E-state index contributed by atoms with van der Waals surface area (Å²) in [6.07, 6.45) is 0. The number of carbonyl (C=O) groups is 1. The van der Waals surface area contributed by atoms with Gasteiger partial charge in [-0.15, -0.1) is 0 Å². The van der Waals surface area contributed by atoms with Crippen LogP contribution in [-0.4, -0.2) is 37.6 Å². The molecule has 3 heteroatoms. The van der Waals surface area contributed by atoms with E-state index in [1.807, 2.05) is 4.90 Å². The van der Waals surface area contributed by atoms with Gasteiger partial charge < -0.3 is 9.64 Å². The molecule has 0 aromatic rings. The van der Waals surface area contributed by atoms with Crippen LogP contribution < -0.4 is 0 Å². The van der Waals surface area contributed by atoms with Crippen molar-refractivity contribution < 1.29 is 9.53 Å². The van der Waals surface area contributed by atoms with E-state index in [0.29, 0.717) is 0 Å². The molecule has 0 spiro atoms. The Kier molecular flexibility index (Phi) is 1.83. The van der Waals surface area contributed by atoms with Crippen LogP contribution in [0, 0.1) is 17.8 Å². The number of nitrogens with zero attached hydrogens (tertiary/aromatic N) is 1. The number of hydrogen-bond donors (Lipinski definition) is 0. The van der Waals surface area contributed by atoms with Gasteiger partial charge in [-0.2, -0.15) is 0 Å². The van der Waals surface area contributed by atoms with Crippen LogP contribution in [0.5, 0.6) is 0 Å². The molecule has 0 bridgehead atoms. The van der Waals surface area contributed by atoms with Crippen LogP contribution in [0.1, 0.15) is 6.92 Å². The van der Waals surface area contributed by atoms with Crippen molar-refractivity contribution in [1.82, 2.24) is 4.90 Å². The first kappa shape index (κ1) is 8.05. The largest absolute Gasteiger partial charge is 0.375 e. The maximum atomic E-state index is 11.3. The van der Waals surface area contributed by atoms with Gasteiger partial charge in [0.05, 0.1) is 0 Å². The summed E-state index contributed by atoms with van der Waals surface area (Å²) < 4.78 is 4.80. The summed E-state index contributed by atoms with van der Waals surface area (Å²) in [6.45, 7) is 4.45. The summed E-state index contributed by atoms with van der Waals surface area (Å²) in [7, 11) is 1.57. The molecule has 0 N–H and O–H groups in total. The number of likely N-dealkylation sites (tertiary alicyclic amines) is 1. The van der Waals surface area contributed by atoms with E-state index >= 15 is 0 Å². The van der Waals surface area contributed by atoms with E-state index in [2.05, 4.69) is 6.92 Å². The lowest BCUT2D eigenvalue weighted by atomic mass is 10.3. The van der Waals surface area contributed by atoms with Gasteiger partial charge in [0.25, 0.3) is 0 Å². The summed E-state index contributed by atoms with van der Waals surface area (Å²) in [5.41, 5.74) is 0. The average molecular weight is 169 g/mol. The van der Waals surface area contributed by atoms with Crippen LogP contribution in [0.3, 0.4) is 0 Å². The van der Waals surface area contributed by atoms with Gasteiger partial charge in [0.1, 0.15) is 6.61 Å². The number of methoxy groups -OCH3 is 1. The van der Waals surface area contributed by atoms with Crippen molar-refractivity contribution in [2.24, 2.45) is 17.8 Å². The predicted molar refractivity (Wildman–Crippen MR) is 44.6 cm³/mol. The monoisotopic (exact) mass is 169 g/mol. The van der Waals surface area contributed by atoms with Gasteiger partial charge in [-0.3, -0.25) is 4.79 Å². The highest BCUT2D eigenvalue weighted by molar-refractivity contribution is 5.78. The van der Waals surface area contributed by atoms with Crippen molar-refractivity contribution >= 4 is 5.91 Å². The Bertz CT molecular complexity index is 193. The molecule has 2 fully saturated rings. The molecule has 1 saturated heterocycles. The highest BCUT2D eigenvalue weighted by Crippen LogP contribution is 2.51. The Morgan fingerprint density at radius 1 is 1.50 bits per heavy atom. The fourth-order valence-electron chi connectivity index (χ4n) is 2.24. The fourth-order valence-corrected chi connectivity index (χ4v) is 2.24. The van der Waals surface area contributed by atoms with Gasteiger partial charge >= 0.3 is 0 Å². The van der Waals surface area contributed by atoms with Crippen molar-refractivity contribution in [3.8, 4) is 0 Å². The number of hydrogen-bond acceptors (Lipinski definition) is 2. The first-order valence-corrected chi connectivity index (χ1v) is 4.50. The maximum absolute atomic E-state index is 11.3. The third-order valence-electron chi connectivity index (χ3n) is 3.24. The van der Waals surface area contributed by atoms with Crippen molar-refractivity contribution in [2.75, 3.05) is 26.8 Å². The van der Waals surface area contributed by atoms with Crippen LogP contribution in [0.4, 0.5) is 0 Å². The van der Waals surface area contributed by atoms with Gasteiger partial charge in [0.2, 0.25) is 5.91 Å². The molecule has 12 heavy (non-hydrogen) atoms. The molecular formula is C9H15NO2. The van der Waals surface area contributed by atoms with Gasteiger partial charge in [-0.25, -0.2) is 0 Å². The van der Waals surface area contributed by atoms with Gasteiger partial charge in [-0.05, 0) is 17.8 Å². The van der Waals surface area contributed by atoms with E-state index < -0.39 is 0 Å². The van der Waals surface area contributed by atoms with E-state index in [4.69, 9.17) is 4.74 Å². The summed E-state index contributed by atoms with van der Waals surface area (Å²) in [6, 6.07) is 0. The minimum atomic E-state index is 0.150. The highest BCUT2D eigenvalue weighted by atomic mass is 16.5. The van der Waals surface area contributed by atoms with Gasteiger partial charge in [0, 0.05) is 20.2 Å². The molecule has 0 aromatic heterocycles. The number of carbonyl (C=O) groups excluding carboxylic acids is 1. The van der Waals surface area contributed by atoms with Crippen LogP contribution in [-0.2, 0) is 9.53 Å². The van der Waals surface area contributed by atoms with E-state index in [9.17, 15) is 4.79 Å². The number of fused-ring (bicyclic) bond motifs is 1. The molecule has 2 atom stereocenters. The first-order chi connectivity index (χ1) is 5.74. The lowest BCUT2D eigenvalue weighted by Gasteiger charge is -2.18. The second-order valence-corrected chi connectivity index (χ2v) is 3.92. The summed E-state index contributed by atoms with van der Waals surface area (Å²) in [4.78, 5) is 13.2. The lowest BCUT2D eigenvalue weighted by Crippen LogP contribution is -2.33. The van der Waals surface area contributed by atoms with Crippen molar-refractivity contribution in [3.05, 3.63) is 0 Å². The van der Waals surface area contributed by atoms with E-state index in [1.165, 1.54) is 0 Å². The molecular weight excluding hydrogens is 154 g/mol. The lowest BCUT2D eigenvalue weighted by molar-refractivity contribution is -0.134. The average Bonchev–Trinajstić information content (AvgIpc) is 2.52. The Hall–Kier alpha value is -0.570. The van der Waals surface area contributed by atoms with Crippen LogP contribution in [0.2, 0.25) is 0 Å². The summed E-state index contributed by atoms with van der Waals surface area (Å²) in [5.74, 6) is 2.60. The van der Waals surface area contributed by atoms with E-state index in [0.717, 1.165) is 30.8 Å². The van der Waals surface area contributed by atoms with Crippen molar-refractivity contribution in [1.29, 1.82) is 0 Å². The van der Waals surface area contributed by atoms with E-state index in [-0.39, 0.29) is 12.5 Å². The predicted octanol–water partition coefficient (Wildman–Crippen LogP) is 0.357. The minimum Gasteiger partial charge on any atom is -0.375 e. The zero-order chi connectivity index (χ0) is 8.72. The first-order valence-electron chi connectivity index (χ1n) is 4.50. The fraction of sp³-hybridized carbons (Fsp3) is 0.889. The summed E-state index contributed by atoms with van der Waals surface area (Å²) in [5, 5.41) is 0. The topological polar surface area (TPSA) is 29.5 Å². The highest BCUT2D eigenvalue weighted by Gasteiger charge is 2.53. The third kappa shape index (κ3) is 1.12. The Morgan fingerprint density at radius 3 is 2.58 bits per heavy atom. The molecule has 0 aromatic carbocycles. The zero-order valence-corrected chi connectivity index (χ0v) is 7.62. The molecule has 1 saturated carbocycles. The second kappa shape index (κ2) is 2.73. The molecule has 2 unspecified atom stereocenters. The van der Waals surface area contributed by atoms with E-state index in [1.54, 1.807) is 7.11 Å². The quantitative estimate of drug-likeness (QED) is 0.597. The zero-order valence-electron chi connectivity index (χ0n) is 7.62. The third-order valence-corrected chi connectivity index (χ3v) is 3.24. The van der Waals surface area contributed by atoms with Gasteiger partial charge in [-0.1, -0.05) is 6.92 Å². The summed E-state index contributed by atoms with van der Waals surface area (Å²) >= 11 is 0. The molecule has 0 radical (unpaired) electrons. The van der Waals surface area contributed by atoms with Gasteiger partial charge in [0.15, 0.2) is 0 Å². The molecule has 1 aliphatic carbocycles. The molecule has 2 rings (SSSR count). The number of amides is 1. The molecule has 1 aliphatic heterocycles. The number of rotatable bonds is 2. The Balaban J connectivity index is 1.82. The Labute approximate surface area is 72.7 Å². The smallest absolute Gasteiger partial charge is 0.248 e. The molecule has 2 aliphatic rings. The number of piperidine rings is 1. The maximum Gasteiger partial charge on any atom is 0.248 e. The number of ether oxygens (including phenoxy) is 1. The van der Waals surface area contributed by atoms with Crippen LogP contribution in [0.15, 0.2) is 0 Å². The van der Waals surface area contributed by atoms with Crippen LogP contribution >= 0.6 is 0 Å². The molecule has 1 amide bonds. The molecule has 68 valence electrons. The normalized spacial score (nSPS) is 38.2. The standard InChI is InChI=1S/C9H15NO2/c1-6-7-3-10(4-8(6)7)9(11)5-12-2/h6-8H,3-5H2,1-2H3. The SMILES string of the molecule is COCC(=O)N1CC2C(C)C2C1. The van der Waals surface area contributed by atoms with Crippen molar-refractivity contribution in [2.45, 2.75) is 6.92 Å². The molecule has 3 nitrogen and oxygen atoms in total. The Morgan fingerprint density at radius 2 is 2.08 bits per heavy atom.